The molecule has 0 aromatic carbocycles. The van der Waals surface area contributed by atoms with Crippen LogP contribution >= 0.6 is 0 Å². The van der Waals surface area contributed by atoms with Crippen LogP contribution in [0.15, 0.2) is 24.5 Å². The Hall–Kier alpha value is -1.66. The number of hydrogen-bond donors (Lipinski definition) is 1. The van der Waals surface area contributed by atoms with Gasteiger partial charge in [0.15, 0.2) is 5.65 Å². The van der Waals surface area contributed by atoms with E-state index in [4.69, 9.17) is 5.73 Å². The number of aromatic nitrogens is 3. The summed E-state index contributed by atoms with van der Waals surface area (Å²) in [6.07, 6.45) is 6.09. The first kappa shape index (κ1) is 13.3. The van der Waals surface area contributed by atoms with Crippen LogP contribution in [0.2, 0.25) is 0 Å². The van der Waals surface area contributed by atoms with Crippen molar-refractivity contribution in [3.05, 3.63) is 24.5 Å². The zero-order valence-corrected chi connectivity index (χ0v) is 11.8. The molecule has 0 unspecified atom stereocenters. The smallest absolute Gasteiger partial charge is 0.157 e. The number of nitrogens with zero attached hydrogens (tertiary/aromatic N) is 5. The van der Waals surface area contributed by atoms with Crippen molar-refractivity contribution in [1.29, 1.82) is 0 Å². The van der Waals surface area contributed by atoms with E-state index in [1.165, 1.54) is 13.0 Å². The predicted molar refractivity (Wildman–Crippen MR) is 79.9 cm³/mol. The molecule has 108 valence electrons. The molecular formula is C14H22N6. The Balaban J connectivity index is 1.57. The van der Waals surface area contributed by atoms with Gasteiger partial charge in [-0.3, -0.25) is 4.90 Å². The van der Waals surface area contributed by atoms with Gasteiger partial charge in [0.2, 0.25) is 0 Å². The van der Waals surface area contributed by atoms with Gasteiger partial charge in [-0.1, -0.05) is 0 Å². The van der Waals surface area contributed by atoms with Crippen LogP contribution in [0.3, 0.4) is 0 Å². The topological polar surface area (TPSA) is 62.7 Å². The lowest BCUT2D eigenvalue weighted by Gasteiger charge is -2.35. The Morgan fingerprint density at radius 1 is 1.10 bits per heavy atom. The van der Waals surface area contributed by atoms with Gasteiger partial charge in [0.1, 0.15) is 5.82 Å². The van der Waals surface area contributed by atoms with Crippen molar-refractivity contribution in [3.8, 4) is 0 Å². The van der Waals surface area contributed by atoms with E-state index in [1.54, 1.807) is 10.7 Å². The predicted octanol–water partition coefficient (Wildman–Crippen LogP) is 0.590. The van der Waals surface area contributed by atoms with Crippen LogP contribution in [0.25, 0.3) is 5.65 Å². The van der Waals surface area contributed by atoms with Gasteiger partial charge in [-0.2, -0.15) is 5.10 Å². The van der Waals surface area contributed by atoms with Crippen molar-refractivity contribution >= 4 is 11.5 Å². The number of nitrogens with two attached hydrogens (primary N) is 1. The molecule has 2 aromatic rings. The molecule has 0 aliphatic carbocycles. The molecule has 1 saturated heterocycles. The highest BCUT2D eigenvalue weighted by Gasteiger charge is 2.17. The summed E-state index contributed by atoms with van der Waals surface area (Å²) in [5, 5.41) is 4.18. The Bertz CT molecular complexity index is 543. The minimum atomic E-state index is 0.801. The second-order valence-electron chi connectivity index (χ2n) is 5.24. The standard InChI is InChI=1S/C14H22N6/c15-5-1-2-7-18-9-11-19(12-10-18)13-4-8-20-14(17-13)3-6-16-20/h3-4,6,8H,1-2,5,7,9-12,15H2. The van der Waals surface area contributed by atoms with E-state index >= 15 is 0 Å². The molecule has 6 nitrogen and oxygen atoms in total. The summed E-state index contributed by atoms with van der Waals surface area (Å²) in [6.45, 7) is 6.27. The summed E-state index contributed by atoms with van der Waals surface area (Å²) in [5.74, 6) is 1.06. The molecule has 20 heavy (non-hydrogen) atoms. The van der Waals surface area contributed by atoms with Gasteiger partial charge in [-0.25, -0.2) is 9.50 Å². The van der Waals surface area contributed by atoms with Gasteiger partial charge in [-0.05, 0) is 32.0 Å². The van der Waals surface area contributed by atoms with Gasteiger partial charge < -0.3 is 10.6 Å². The van der Waals surface area contributed by atoms with Crippen LogP contribution < -0.4 is 10.6 Å². The van der Waals surface area contributed by atoms with E-state index in [2.05, 4.69) is 19.9 Å². The lowest BCUT2D eigenvalue weighted by molar-refractivity contribution is 0.253. The highest BCUT2D eigenvalue weighted by atomic mass is 15.3. The largest absolute Gasteiger partial charge is 0.354 e. The molecule has 0 atom stereocenters. The molecular weight excluding hydrogens is 252 g/mol. The lowest BCUT2D eigenvalue weighted by Crippen LogP contribution is -2.47. The van der Waals surface area contributed by atoms with Crippen molar-refractivity contribution in [1.82, 2.24) is 19.5 Å². The van der Waals surface area contributed by atoms with Crippen molar-refractivity contribution in [2.24, 2.45) is 5.73 Å². The van der Waals surface area contributed by atoms with E-state index in [-0.39, 0.29) is 0 Å². The Morgan fingerprint density at radius 3 is 2.75 bits per heavy atom. The van der Waals surface area contributed by atoms with Crippen molar-refractivity contribution in [2.75, 3.05) is 44.2 Å². The summed E-state index contributed by atoms with van der Waals surface area (Å²) in [5.41, 5.74) is 6.45. The Labute approximate surface area is 119 Å². The Kier molecular flexibility index (Phi) is 4.13. The number of piperazine rings is 1. The molecule has 0 saturated carbocycles. The van der Waals surface area contributed by atoms with Crippen LogP contribution in [-0.2, 0) is 0 Å². The molecule has 2 N–H and O–H groups in total. The lowest BCUT2D eigenvalue weighted by atomic mass is 10.2. The minimum Gasteiger partial charge on any atom is -0.354 e. The molecule has 0 amide bonds. The number of fused-ring (bicyclic) bond motifs is 1. The zero-order chi connectivity index (χ0) is 13.8. The fourth-order valence-corrected chi connectivity index (χ4v) is 2.66. The van der Waals surface area contributed by atoms with E-state index in [1.807, 2.05) is 18.3 Å². The molecule has 6 heteroatoms. The van der Waals surface area contributed by atoms with E-state index in [0.29, 0.717) is 0 Å². The fourth-order valence-electron chi connectivity index (χ4n) is 2.66. The normalized spacial score (nSPS) is 16.9. The first-order valence-electron chi connectivity index (χ1n) is 7.34. The molecule has 3 heterocycles. The van der Waals surface area contributed by atoms with Crippen molar-refractivity contribution < 1.29 is 0 Å². The van der Waals surface area contributed by atoms with Gasteiger partial charge >= 0.3 is 0 Å². The molecule has 0 spiro atoms. The number of rotatable bonds is 5. The van der Waals surface area contributed by atoms with Crippen molar-refractivity contribution in [2.45, 2.75) is 12.8 Å². The van der Waals surface area contributed by atoms with Crippen LogP contribution in [0.4, 0.5) is 5.82 Å². The Morgan fingerprint density at radius 2 is 1.95 bits per heavy atom. The van der Waals surface area contributed by atoms with Crippen LogP contribution in [0, 0.1) is 0 Å². The third kappa shape index (κ3) is 2.91. The summed E-state index contributed by atoms with van der Waals surface area (Å²) in [4.78, 5) is 9.52. The molecule has 3 rings (SSSR count). The molecule has 0 bridgehead atoms. The first-order valence-corrected chi connectivity index (χ1v) is 7.34. The quantitative estimate of drug-likeness (QED) is 0.809. The van der Waals surface area contributed by atoms with E-state index < -0.39 is 0 Å². The minimum absolute atomic E-state index is 0.801. The molecule has 1 aliphatic rings. The second-order valence-corrected chi connectivity index (χ2v) is 5.24. The fraction of sp³-hybridized carbons (Fsp3) is 0.571. The average molecular weight is 274 g/mol. The van der Waals surface area contributed by atoms with E-state index in [9.17, 15) is 0 Å². The van der Waals surface area contributed by atoms with Gasteiger partial charge in [0.25, 0.3) is 0 Å². The van der Waals surface area contributed by atoms with E-state index in [0.717, 1.165) is 50.6 Å². The van der Waals surface area contributed by atoms with Crippen LogP contribution in [0.5, 0.6) is 0 Å². The average Bonchev–Trinajstić information content (AvgIpc) is 2.96. The summed E-state index contributed by atoms with van der Waals surface area (Å²) >= 11 is 0. The first-order chi connectivity index (χ1) is 9.86. The summed E-state index contributed by atoms with van der Waals surface area (Å²) in [6, 6.07) is 3.98. The molecule has 0 radical (unpaired) electrons. The highest BCUT2D eigenvalue weighted by molar-refractivity contribution is 5.47. The maximum atomic E-state index is 5.54. The summed E-state index contributed by atoms with van der Waals surface area (Å²) < 4.78 is 1.80. The third-order valence-corrected chi connectivity index (χ3v) is 3.87. The van der Waals surface area contributed by atoms with Gasteiger partial charge in [-0.15, -0.1) is 0 Å². The molecule has 1 aliphatic heterocycles. The monoisotopic (exact) mass is 274 g/mol. The highest BCUT2D eigenvalue weighted by Crippen LogP contribution is 2.14. The SMILES string of the molecule is NCCCCN1CCN(c2ccn3nccc3n2)CC1. The summed E-state index contributed by atoms with van der Waals surface area (Å²) in [7, 11) is 0. The number of anilines is 1. The van der Waals surface area contributed by atoms with Crippen LogP contribution in [0.1, 0.15) is 12.8 Å². The second kappa shape index (κ2) is 6.19. The maximum Gasteiger partial charge on any atom is 0.157 e. The van der Waals surface area contributed by atoms with Gasteiger partial charge in [0, 0.05) is 38.4 Å². The zero-order valence-electron chi connectivity index (χ0n) is 11.8. The molecule has 1 fully saturated rings. The number of hydrogen-bond acceptors (Lipinski definition) is 5. The van der Waals surface area contributed by atoms with Gasteiger partial charge in [0.05, 0.1) is 6.20 Å². The maximum absolute atomic E-state index is 5.54. The van der Waals surface area contributed by atoms with Crippen LogP contribution in [-0.4, -0.2) is 58.8 Å². The third-order valence-electron chi connectivity index (χ3n) is 3.87. The number of unbranched alkanes of at least 4 members (excludes halogenated alkanes) is 1. The van der Waals surface area contributed by atoms with Crippen molar-refractivity contribution in [3.63, 3.8) is 0 Å². The molecule has 2 aromatic heterocycles.